The number of aromatic nitrogens is 2. The van der Waals surface area contributed by atoms with Gasteiger partial charge in [-0.25, -0.2) is 0 Å². The molecule has 1 aromatic carbocycles. The molecule has 2 nitrogen and oxygen atoms in total. The predicted octanol–water partition coefficient (Wildman–Crippen LogP) is 3.41. The third-order valence-corrected chi connectivity index (χ3v) is 3.73. The fraction of sp³-hybridized carbons (Fsp3) is 0.308. The summed E-state index contributed by atoms with van der Waals surface area (Å²) in [5.74, 6) is 0.740. The van der Waals surface area contributed by atoms with Gasteiger partial charge < -0.3 is 0 Å². The predicted molar refractivity (Wildman–Crippen MR) is 72.5 cm³/mol. The Labute approximate surface area is 109 Å². The molecule has 3 heteroatoms. The first-order chi connectivity index (χ1) is 7.83. The van der Waals surface area contributed by atoms with Crippen molar-refractivity contribution < 1.29 is 0 Å². The van der Waals surface area contributed by atoms with Crippen LogP contribution in [-0.2, 0) is 6.54 Å². The highest BCUT2D eigenvalue weighted by Gasteiger charge is 2.28. The largest absolute Gasteiger partial charge is 0.267 e. The average molecular weight is 324 g/mol. The van der Waals surface area contributed by atoms with Gasteiger partial charge in [-0.3, -0.25) is 4.68 Å². The van der Waals surface area contributed by atoms with E-state index in [1.54, 1.807) is 0 Å². The quantitative estimate of drug-likeness (QED) is 0.791. The van der Waals surface area contributed by atoms with E-state index in [1.165, 1.54) is 27.7 Å². The number of rotatable bonds is 3. The molecule has 1 heterocycles. The van der Waals surface area contributed by atoms with Crippen molar-refractivity contribution in [3.8, 4) is 0 Å². The van der Waals surface area contributed by atoms with Gasteiger partial charge in [0.2, 0.25) is 0 Å². The van der Waals surface area contributed by atoms with E-state index < -0.39 is 0 Å². The van der Waals surface area contributed by atoms with Crippen LogP contribution < -0.4 is 0 Å². The maximum atomic E-state index is 4.68. The van der Waals surface area contributed by atoms with Crippen molar-refractivity contribution in [3.63, 3.8) is 0 Å². The fourth-order valence-electron chi connectivity index (χ4n) is 1.90. The van der Waals surface area contributed by atoms with Crippen LogP contribution in [0.25, 0.3) is 0 Å². The maximum absolute atomic E-state index is 4.68. The van der Waals surface area contributed by atoms with Gasteiger partial charge in [0.05, 0.1) is 15.8 Å². The number of halogens is 1. The first-order valence-corrected chi connectivity index (χ1v) is 6.67. The Morgan fingerprint density at radius 1 is 1.25 bits per heavy atom. The topological polar surface area (TPSA) is 17.8 Å². The second-order valence-electron chi connectivity index (χ2n) is 4.32. The summed E-state index contributed by atoms with van der Waals surface area (Å²) >= 11 is 2.40. The van der Waals surface area contributed by atoms with Crippen molar-refractivity contribution in [3.05, 3.63) is 51.4 Å². The summed E-state index contributed by atoms with van der Waals surface area (Å²) in [5.41, 5.74) is 2.61. The Kier molecular flexibility index (Phi) is 2.71. The van der Waals surface area contributed by atoms with E-state index in [2.05, 4.69) is 62.8 Å². The second kappa shape index (κ2) is 4.20. The highest BCUT2D eigenvalue weighted by molar-refractivity contribution is 14.1. The van der Waals surface area contributed by atoms with E-state index in [0.717, 1.165) is 12.5 Å². The number of hydrogen-bond acceptors (Lipinski definition) is 1. The molecule has 0 bridgehead atoms. The zero-order chi connectivity index (χ0) is 11.0. The zero-order valence-electron chi connectivity index (χ0n) is 8.94. The minimum absolute atomic E-state index is 0.740. The summed E-state index contributed by atoms with van der Waals surface area (Å²) in [6, 6.07) is 10.5. The molecule has 0 spiro atoms. The van der Waals surface area contributed by atoms with Crippen LogP contribution in [0.5, 0.6) is 0 Å². The van der Waals surface area contributed by atoms with Crippen molar-refractivity contribution in [2.24, 2.45) is 0 Å². The number of benzene rings is 1. The van der Waals surface area contributed by atoms with E-state index >= 15 is 0 Å². The molecule has 0 atom stereocenters. The monoisotopic (exact) mass is 324 g/mol. The molecule has 0 N–H and O–H groups in total. The molecular weight excluding hydrogens is 311 g/mol. The second-order valence-corrected chi connectivity index (χ2v) is 5.48. The Balaban J connectivity index is 1.82. The van der Waals surface area contributed by atoms with Crippen molar-refractivity contribution in [2.75, 3.05) is 0 Å². The van der Waals surface area contributed by atoms with Crippen molar-refractivity contribution in [1.82, 2.24) is 9.78 Å². The summed E-state index contributed by atoms with van der Waals surface area (Å²) in [7, 11) is 0. The molecule has 1 aliphatic carbocycles. The van der Waals surface area contributed by atoms with Gasteiger partial charge in [-0.2, -0.15) is 5.10 Å². The Hall–Kier alpha value is -0.840. The van der Waals surface area contributed by atoms with Gasteiger partial charge in [-0.15, -0.1) is 0 Å². The highest BCUT2D eigenvalue weighted by Crippen LogP contribution is 2.41. The Morgan fingerprint density at radius 2 is 2.00 bits per heavy atom. The molecule has 16 heavy (non-hydrogen) atoms. The highest BCUT2D eigenvalue weighted by atomic mass is 127. The zero-order valence-corrected chi connectivity index (χ0v) is 11.1. The molecule has 3 rings (SSSR count). The lowest BCUT2D eigenvalue weighted by atomic mass is 10.2. The number of hydrogen-bond donors (Lipinski definition) is 0. The maximum Gasteiger partial charge on any atom is 0.0788 e. The lowest BCUT2D eigenvalue weighted by molar-refractivity contribution is 0.672. The molecule has 0 radical (unpaired) electrons. The van der Waals surface area contributed by atoms with Gasteiger partial charge >= 0.3 is 0 Å². The van der Waals surface area contributed by atoms with E-state index in [9.17, 15) is 0 Å². The van der Waals surface area contributed by atoms with Gasteiger partial charge in [-0.1, -0.05) is 30.3 Å². The minimum Gasteiger partial charge on any atom is -0.267 e. The summed E-state index contributed by atoms with van der Waals surface area (Å²) in [6.07, 6.45) is 4.79. The summed E-state index contributed by atoms with van der Waals surface area (Å²) in [6.45, 7) is 0.879. The molecule has 0 unspecified atom stereocenters. The lowest BCUT2D eigenvalue weighted by Gasteiger charge is -2.00. The first-order valence-electron chi connectivity index (χ1n) is 5.60. The van der Waals surface area contributed by atoms with E-state index in [-0.39, 0.29) is 0 Å². The van der Waals surface area contributed by atoms with Crippen LogP contribution in [0.2, 0.25) is 0 Å². The van der Waals surface area contributed by atoms with Crippen molar-refractivity contribution in [1.29, 1.82) is 0 Å². The van der Waals surface area contributed by atoms with Gasteiger partial charge in [0, 0.05) is 12.1 Å². The van der Waals surface area contributed by atoms with Gasteiger partial charge in [0.15, 0.2) is 0 Å². The Morgan fingerprint density at radius 3 is 2.69 bits per heavy atom. The van der Waals surface area contributed by atoms with Crippen LogP contribution in [0, 0.1) is 3.57 Å². The molecule has 82 valence electrons. The van der Waals surface area contributed by atoms with Gasteiger partial charge in [0.25, 0.3) is 0 Å². The fourth-order valence-corrected chi connectivity index (χ4v) is 2.77. The standard InChI is InChI=1S/C13H13IN2/c14-12-9-16(15-13(12)11-6-7-11)8-10-4-2-1-3-5-10/h1-5,9,11H,6-8H2. The SMILES string of the molecule is Ic1cn(Cc2ccccc2)nc1C1CC1. The van der Waals surface area contributed by atoms with Crippen LogP contribution in [0.4, 0.5) is 0 Å². The number of nitrogens with zero attached hydrogens (tertiary/aromatic N) is 2. The third-order valence-electron chi connectivity index (χ3n) is 2.89. The van der Waals surface area contributed by atoms with Crippen molar-refractivity contribution >= 4 is 22.6 Å². The van der Waals surface area contributed by atoms with Crippen LogP contribution in [0.1, 0.15) is 30.0 Å². The molecule has 0 aliphatic heterocycles. The van der Waals surface area contributed by atoms with Crippen LogP contribution >= 0.6 is 22.6 Å². The third kappa shape index (κ3) is 2.14. The molecular formula is C13H13IN2. The summed E-state index contributed by atoms with van der Waals surface area (Å²) in [4.78, 5) is 0. The molecule has 1 fully saturated rings. The lowest BCUT2D eigenvalue weighted by Crippen LogP contribution is -2.00. The molecule has 2 aromatic rings. The smallest absolute Gasteiger partial charge is 0.0788 e. The normalized spacial score (nSPS) is 15.3. The molecule has 0 saturated heterocycles. The average Bonchev–Trinajstić information content (AvgIpc) is 3.06. The summed E-state index contributed by atoms with van der Waals surface area (Å²) in [5, 5.41) is 4.68. The summed E-state index contributed by atoms with van der Waals surface area (Å²) < 4.78 is 3.38. The minimum atomic E-state index is 0.740. The van der Waals surface area contributed by atoms with E-state index in [1.807, 2.05) is 6.07 Å². The van der Waals surface area contributed by atoms with E-state index in [4.69, 9.17) is 0 Å². The Bertz CT molecular complexity index is 486. The van der Waals surface area contributed by atoms with Crippen LogP contribution in [0.3, 0.4) is 0 Å². The van der Waals surface area contributed by atoms with Gasteiger partial charge in [-0.05, 0) is 41.0 Å². The van der Waals surface area contributed by atoms with Crippen LogP contribution in [0.15, 0.2) is 36.5 Å². The molecule has 0 amide bonds. The first kappa shape index (κ1) is 10.3. The van der Waals surface area contributed by atoms with Crippen LogP contribution in [-0.4, -0.2) is 9.78 Å². The van der Waals surface area contributed by atoms with E-state index in [0.29, 0.717) is 0 Å². The molecule has 1 aromatic heterocycles. The molecule has 1 saturated carbocycles. The molecule has 1 aliphatic rings. The van der Waals surface area contributed by atoms with Gasteiger partial charge in [0.1, 0.15) is 0 Å². The van der Waals surface area contributed by atoms with Crippen molar-refractivity contribution in [2.45, 2.75) is 25.3 Å².